The average Bonchev–Trinajstić information content (AvgIpc) is 2.33. The molecule has 2 nitrogen and oxygen atoms in total. The summed E-state index contributed by atoms with van der Waals surface area (Å²) in [5.74, 6) is 0.723. The second-order valence-electron chi connectivity index (χ2n) is 4.70. The Morgan fingerprint density at radius 3 is 2.56 bits per heavy atom. The van der Waals surface area contributed by atoms with Gasteiger partial charge < -0.3 is 5.11 Å². The number of rotatable bonds is 2. The molecular weight excluding hydrogens is 200 g/mol. The maximum absolute atomic E-state index is 12.2. The molecule has 1 saturated carbocycles. The van der Waals surface area contributed by atoms with Gasteiger partial charge in [-0.15, -0.1) is 0 Å². The summed E-state index contributed by atoms with van der Waals surface area (Å²) in [6.07, 6.45) is 5.66. The highest BCUT2D eigenvalue weighted by Crippen LogP contribution is 2.28. The summed E-state index contributed by atoms with van der Waals surface area (Å²) in [7, 11) is 0. The first-order chi connectivity index (χ1) is 7.68. The van der Waals surface area contributed by atoms with E-state index >= 15 is 0 Å². The molecule has 1 aliphatic carbocycles. The highest BCUT2D eigenvalue weighted by molar-refractivity contribution is 5.98. The van der Waals surface area contributed by atoms with Gasteiger partial charge in [0.25, 0.3) is 0 Å². The molecule has 0 amide bonds. The molecule has 2 heteroatoms. The molecule has 1 fully saturated rings. The van der Waals surface area contributed by atoms with Gasteiger partial charge >= 0.3 is 0 Å². The first-order valence-electron chi connectivity index (χ1n) is 6.02. The van der Waals surface area contributed by atoms with E-state index in [2.05, 4.69) is 0 Å². The number of ketones is 1. The second-order valence-corrected chi connectivity index (χ2v) is 4.70. The Morgan fingerprint density at radius 1 is 1.25 bits per heavy atom. The summed E-state index contributed by atoms with van der Waals surface area (Å²) in [6.45, 7) is 1.83. The predicted molar refractivity (Wildman–Crippen MR) is 63.7 cm³/mol. The number of phenols is 1. The van der Waals surface area contributed by atoms with Crippen molar-refractivity contribution in [1.82, 2.24) is 0 Å². The van der Waals surface area contributed by atoms with Crippen molar-refractivity contribution in [3.05, 3.63) is 29.3 Å². The van der Waals surface area contributed by atoms with Crippen LogP contribution in [0.3, 0.4) is 0 Å². The minimum atomic E-state index is 0.206. The molecule has 0 unspecified atom stereocenters. The van der Waals surface area contributed by atoms with Crippen LogP contribution in [0.1, 0.15) is 48.0 Å². The minimum absolute atomic E-state index is 0.206. The van der Waals surface area contributed by atoms with E-state index in [1.165, 1.54) is 19.3 Å². The fraction of sp³-hybridized carbons (Fsp3) is 0.500. The van der Waals surface area contributed by atoms with Gasteiger partial charge in [0, 0.05) is 11.5 Å². The van der Waals surface area contributed by atoms with E-state index in [4.69, 9.17) is 0 Å². The van der Waals surface area contributed by atoms with Crippen LogP contribution in [-0.2, 0) is 0 Å². The molecular formula is C14H18O2. The number of carbonyl (C=O) groups is 1. The molecule has 0 radical (unpaired) electrons. The fourth-order valence-corrected chi connectivity index (χ4v) is 2.41. The van der Waals surface area contributed by atoms with Gasteiger partial charge in [-0.2, -0.15) is 0 Å². The summed E-state index contributed by atoms with van der Waals surface area (Å²) in [5, 5.41) is 9.42. The van der Waals surface area contributed by atoms with Crippen molar-refractivity contribution in [1.29, 1.82) is 0 Å². The van der Waals surface area contributed by atoms with Gasteiger partial charge in [-0.25, -0.2) is 0 Å². The number of aryl methyl sites for hydroxylation is 1. The smallest absolute Gasteiger partial charge is 0.165 e. The third-order valence-corrected chi connectivity index (χ3v) is 3.46. The number of aromatic hydroxyl groups is 1. The van der Waals surface area contributed by atoms with Crippen LogP contribution < -0.4 is 0 Å². The van der Waals surface area contributed by atoms with Gasteiger partial charge in [-0.3, -0.25) is 4.79 Å². The zero-order chi connectivity index (χ0) is 11.5. The van der Waals surface area contributed by atoms with Crippen molar-refractivity contribution in [2.75, 3.05) is 0 Å². The van der Waals surface area contributed by atoms with Gasteiger partial charge in [0.15, 0.2) is 5.78 Å². The molecule has 1 N–H and O–H groups in total. The predicted octanol–water partition coefficient (Wildman–Crippen LogP) is 3.46. The van der Waals surface area contributed by atoms with E-state index in [1.807, 2.05) is 6.92 Å². The monoisotopic (exact) mass is 218 g/mol. The molecule has 0 spiro atoms. The lowest BCUT2D eigenvalue weighted by Gasteiger charge is -2.20. The summed E-state index contributed by atoms with van der Waals surface area (Å²) < 4.78 is 0. The zero-order valence-corrected chi connectivity index (χ0v) is 9.70. The van der Waals surface area contributed by atoms with Crippen molar-refractivity contribution in [2.24, 2.45) is 5.92 Å². The second kappa shape index (κ2) is 4.69. The molecule has 86 valence electrons. The first-order valence-corrected chi connectivity index (χ1v) is 6.02. The van der Waals surface area contributed by atoms with Crippen molar-refractivity contribution in [2.45, 2.75) is 39.0 Å². The van der Waals surface area contributed by atoms with Gasteiger partial charge in [0.1, 0.15) is 5.75 Å². The Hall–Kier alpha value is -1.31. The first kappa shape index (κ1) is 11.2. The lowest BCUT2D eigenvalue weighted by molar-refractivity contribution is 0.0889. The van der Waals surface area contributed by atoms with Gasteiger partial charge in [0.05, 0.1) is 0 Å². The summed E-state index contributed by atoms with van der Waals surface area (Å²) in [6, 6.07) is 5.15. The third kappa shape index (κ3) is 2.26. The van der Waals surface area contributed by atoms with E-state index < -0.39 is 0 Å². The highest BCUT2D eigenvalue weighted by atomic mass is 16.3. The molecule has 0 bridgehead atoms. The Bertz CT molecular complexity index is 390. The van der Waals surface area contributed by atoms with Crippen LogP contribution in [0.4, 0.5) is 0 Å². The fourth-order valence-electron chi connectivity index (χ4n) is 2.41. The Labute approximate surface area is 96.3 Å². The van der Waals surface area contributed by atoms with Gasteiger partial charge in [-0.1, -0.05) is 19.3 Å². The summed E-state index contributed by atoms with van der Waals surface area (Å²) >= 11 is 0. The SMILES string of the molecule is Cc1cc(C(=O)C2CCCCC2)ccc1O. The Kier molecular flexibility index (Phi) is 3.28. The van der Waals surface area contributed by atoms with E-state index in [9.17, 15) is 9.90 Å². The van der Waals surface area contributed by atoms with E-state index in [0.29, 0.717) is 0 Å². The van der Waals surface area contributed by atoms with Gasteiger partial charge in [-0.05, 0) is 43.5 Å². The van der Waals surface area contributed by atoms with Crippen molar-refractivity contribution < 1.29 is 9.90 Å². The van der Waals surface area contributed by atoms with Crippen LogP contribution >= 0.6 is 0 Å². The standard InChI is InChI=1S/C14H18O2/c1-10-9-12(7-8-13(10)15)14(16)11-5-3-2-4-6-11/h7-9,11,15H,2-6H2,1H3. The molecule has 1 aromatic rings. The number of carbonyl (C=O) groups excluding carboxylic acids is 1. The van der Waals surface area contributed by atoms with E-state index in [1.54, 1.807) is 18.2 Å². The average molecular weight is 218 g/mol. The topological polar surface area (TPSA) is 37.3 Å². The molecule has 1 aromatic carbocycles. The molecule has 0 saturated heterocycles. The summed E-state index contributed by atoms with van der Waals surface area (Å²) in [4.78, 5) is 12.2. The van der Waals surface area contributed by atoms with E-state index in [0.717, 1.165) is 24.0 Å². The van der Waals surface area contributed by atoms with Crippen molar-refractivity contribution >= 4 is 5.78 Å². The van der Waals surface area contributed by atoms with Crippen LogP contribution in [0.2, 0.25) is 0 Å². The minimum Gasteiger partial charge on any atom is -0.508 e. The normalized spacial score (nSPS) is 17.3. The van der Waals surface area contributed by atoms with Crippen LogP contribution in [-0.4, -0.2) is 10.9 Å². The molecule has 0 aliphatic heterocycles. The molecule has 0 heterocycles. The molecule has 0 atom stereocenters. The number of hydrogen-bond donors (Lipinski definition) is 1. The Morgan fingerprint density at radius 2 is 1.94 bits per heavy atom. The number of hydrogen-bond acceptors (Lipinski definition) is 2. The quantitative estimate of drug-likeness (QED) is 0.772. The number of Topliss-reactive ketones (excluding diaryl/α,β-unsaturated/α-hetero) is 1. The largest absolute Gasteiger partial charge is 0.508 e. The summed E-state index contributed by atoms with van der Waals surface area (Å²) in [5.41, 5.74) is 1.53. The molecule has 0 aromatic heterocycles. The number of phenolic OH excluding ortho intramolecular Hbond substituents is 1. The zero-order valence-electron chi connectivity index (χ0n) is 9.70. The molecule has 16 heavy (non-hydrogen) atoms. The maximum Gasteiger partial charge on any atom is 0.165 e. The maximum atomic E-state index is 12.2. The van der Waals surface area contributed by atoms with E-state index in [-0.39, 0.29) is 17.5 Å². The van der Waals surface area contributed by atoms with Crippen LogP contribution in [0, 0.1) is 12.8 Å². The Balaban J connectivity index is 2.16. The van der Waals surface area contributed by atoms with Crippen LogP contribution in [0.5, 0.6) is 5.75 Å². The highest BCUT2D eigenvalue weighted by Gasteiger charge is 2.22. The molecule has 2 rings (SSSR count). The molecule has 1 aliphatic rings. The van der Waals surface area contributed by atoms with Crippen molar-refractivity contribution in [3.63, 3.8) is 0 Å². The van der Waals surface area contributed by atoms with Crippen LogP contribution in [0.15, 0.2) is 18.2 Å². The lowest BCUT2D eigenvalue weighted by Crippen LogP contribution is -2.17. The van der Waals surface area contributed by atoms with Crippen LogP contribution in [0.25, 0.3) is 0 Å². The lowest BCUT2D eigenvalue weighted by atomic mass is 9.83. The third-order valence-electron chi connectivity index (χ3n) is 3.46. The van der Waals surface area contributed by atoms with Gasteiger partial charge in [0.2, 0.25) is 0 Å². The number of benzene rings is 1. The van der Waals surface area contributed by atoms with Crippen molar-refractivity contribution in [3.8, 4) is 5.75 Å².